The summed E-state index contributed by atoms with van der Waals surface area (Å²) in [5.74, 6) is 1.02. The summed E-state index contributed by atoms with van der Waals surface area (Å²) in [6.45, 7) is 2.26. The van der Waals surface area contributed by atoms with Crippen molar-refractivity contribution in [1.82, 2.24) is 9.97 Å². The van der Waals surface area contributed by atoms with Gasteiger partial charge >= 0.3 is 0 Å². The highest BCUT2D eigenvalue weighted by Gasteiger charge is 2.06. The minimum Gasteiger partial charge on any atom is -0.481 e. The van der Waals surface area contributed by atoms with E-state index in [1.165, 1.54) is 7.11 Å². The summed E-state index contributed by atoms with van der Waals surface area (Å²) in [6, 6.07) is 0. The Morgan fingerprint density at radius 2 is 2.29 bits per heavy atom. The number of nitrogens with one attached hydrogen (secondary N) is 1. The smallest absolute Gasteiger partial charge is 0.257 e. The fraction of sp³-hybridized carbons (Fsp3) is 0.556. The summed E-state index contributed by atoms with van der Waals surface area (Å²) in [5, 5.41) is 0. The first-order chi connectivity index (χ1) is 6.69. The molecule has 0 aliphatic carbocycles. The van der Waals surface area contributed by atoms with Gasteiger partial charge in [0.15, 0.2) is 0 Å². The molecular formula is C9H15N3O2. The van der Waals surface area contributed by atoms with E-state index in [2.05, 4.69) is 9.97 Å². The van der Waals surface area contributed by atoms with E-state index in [0.29, 0.717) is 30.2 Å². The summed E-state index contributed by atoms with van der Waals surface area (Å²) in [4.78, 5) is 18.2. The molecule has 5 heteroatoms. The number of nitrogens with zero attached hydrogens (tertiary/aromatic N) is 1. The number of methoxy groups -OCH3 is 1. The van der Waals surface area contributed by atoms with Crippen molar-refractivity contribution in [3.63, 3.8) is 0 Å². The van der Waals surface area contributed by atoms with Crippen LogP contribution in [0.2, 0.25) is 0 Å². The number of aryl methyl sites for hydroxylation is 1. The topological polar surface area (TPSA) is 81.0 Å². The van der Waals surface area contributed by atoms with Crippen LogP contribution in [0.4, 0.5) is 0 Å². The van der Waals surface area contributed by atoms with Crippen molar-refractivity contribution in [3.8, 4) is 5.88 Å². The maximum atomic E-state index is 11.4. The van der Waals surface area contributed by atoms with Crippen LogP contribution in [-0.4, -0.2) is 23.6 Å². The first-order valence-corrected chi connectivity index (χ1v) is 4.53. The molecule has 0 atom stereocenters. The Morgan fingerprint density at radius 3 is 2.86 bits per heavy atom. The molecule has 0 spiro atoms. The van der Waals surface area contributed by atoms with Gasteiger partial charge in [0.1, 0.15) is 5.82 Å². The van der Waals surface area contributed by atoms with Crippen LogP contribution in [0, 0.1) is 6.92 Å². The lowest BCUT2D eigenvalue weighted by Gasteiger charge is -2.05. The molecule has 0 saturated heterocycles. The lowest BCUT2D eigenvalue weighted by molar-refractivity contribution is 0.390. The van der Waals surface area contributed by atoms with Crippen LogP contribution in [0.15, 0.2) is 4.79 Å². The number of H-pyrrole nitrogens is 1. The minimum atomic E-state index is -0.149. The highest BCUT2D eigenvalue weighted by Crippen LogP contribution is 2.08. The lowest BCUT2D eigenvalue weighted by Crippen LogP contribution is -2.16. The van der Waals surface area contributed by atoms with Crippen molar-refractivity contribution in [1.29, 1.82) is 0 Å². The molecule has 0 aliphatic heterocycles. The molecule has 0 unspecified atom stereocenters. The van der Waals surface area contributed by atoms with Crippen molar-refractivity contribution in [2.24, 2.45) is 5.73 Å². The van der Waals surface area contributed by atoms with E-state index in [4.69, 9.17) is 10.5 Å². The second-order valence-corrected chi connectivity index (χ2v) is 3.04. The van der Waals surface area contributed by atoms with Crippen molar-refractivity contribution in [3.05, 3.63) is 21.7 Å². The Bertz CT molecular complexity index is 360. The van der Waals surface area contributed by atoms with Gasteiger partial charge in [-0.1, -0.05) is 0 Å². The Morgan fingerprint density at radius 1 is 1.57 bits per heavy atom. The van der Waals surface area contributed by atoms with E-state index in [0.717, 1.165) is 6.42 Å². The van der Waals surface area contributed by atoms with Gasteiger partial charge in [-0.15, -0.1) is 0 Å². The van der Waals surface area contributed by atoms with Gasteiger partial charge in [-0.3, -0.25) is 4.79 Å². The molecule has 0 aromatic carbocycles. The van der Waals surface area contributed by atoms with Gasteiger partial charge in [0.25, 0.3) is 5.56 Å². The SMILES string of the molecule is COc1nc(CCCN)[nH]c(=O)c1C. The normalized spacial score (nSPS) is 10.2. The fourth-order valence-corrected chi connectivity index (χ4v) is 1.14. The van der Waals surface area contributed by atoms with E-state index in [1.54, 1.807) is 6.92 Å². The van der Waals surface area contributed by atoms with Crippen LogP contribution in [0.5, 0.6) is 5.88 Å². The van der Waals surface area contributed by atoms with Crippen LogP contribution >= 0.6 is 0 Å². The zero-order chi connectivity index (χ0) is 10.6. The van der Waals surface area contributed by atoms with Crippen LogP contribution < -0.4 is 16.0 Å². The number of nitrogens with two attached hydrogens (primary N) is 1. The summed E-state index contributed by atoms with van der Waals surface area (Å²) in [5.41, 5.74) is 5.72. The van der Waals surface area contributed by atoms with Crippen molar-refractivity contribution in [2.75, 3.05) is 13.7 Å². The van der Waals surface area contributed by atoms with Gasteiger partial charge in [0.05, 0.1) is 12.7 Å². The number of hydrogen-bond donors (Lipinski definition) is 2. The number of hydrogen-bond acceptors (Lipinski definition) is 4. The number of aromatic amines is 1. The molecule has 1 heterocycles. The Labute approximate surface area is 82.3 Å². The molecule has 0 saturated carbocycles. The zero-order valence-electron chi connectivity index (χ0n) is 8.46. The van der Waals surface area contributed by atoms with E-state index in [9.17, 15) is 4.79 Å². The predicted molar refractivity (Wildman–Crippen MR) is 53.5 cm³/mol. The van der Waals surface area contributed by atoms with Crippen LogP contribution in [0.3, 0.4) is 0 Å². The van der Waals surface area contributed by atoms with Crippen molar-refractivity contribution >= 4 is 0 Å². The monoisotopic (exact) mass is 197 g/mol. The van der Waals surface area contributed by atoms with E-state index in [-0.39, 0.29) is 5.56 Å². The average molecular weight is 197 g/mol. The molecule has 0 radical (unpaired) electrons. The largest absolute Gasteiger partial charge is 0.481 e. The molecule has 0 bridgehead atoms. The van der Waals surface area contributed by atoms with Crippen molar-refractivity contribution < 1.29 is 4.74 Å². The van der Waals surface area contributed by atoms with Gasteiger partial charge in [0, 0.05) is 6.42 Å². The van der Waals surface area contributed by atoms with Gasteiger partial charge in [-0.25, -0.2) is 0 Å². The van der Waals surface area contributed by atoms with E-state index >= 15 is 0 Å². The molecule has 1 aromatic heterocycles. The molecule has 0 amide bonds. The third-order valence-electron chi connectivity index (χ3n) is 1.97. The maximum absolute atomic E-state index is 11.4. The molecule has 3 N–H and O–H groups in total. The third kappa shape index (κ3) is 2.32. The molecule has 78 valence electrons. The summed E-state index contributed by atoms with van der Waals surface area (Å²) in [7, 11) is 1.50. The first kappa shape index (κ1) is 10.7. The highest BCUT2D eigenvalue weighted by atomic mass is 16.5. The lowest BCUT2D eigenvalue weighted by atomic mass is 10.3. The number of ether oxygens (including phenoxy) is 1. The molecule has 14 heavy (non-hydrogen) atoms. The third-order valence-corrected chi connectivity index (χ3v) is 1.97. The second kappa shape index (κ2) is 4.76. The van der Waals surface area contributed by atoms with Crippen LogP contribution in [0.1, 0.15) is 17.8 Å². The Balaban J connectivity index is 2.98. The first-order valence-electron chi connectivity index (χ1n) is 4.53. The summed E-state index contributed by atoms with van der Waals surface area (Å²) < 4.78 is 4.98. The van der Waals surface area contributed by atoms with Crippen LogP contribution in [-0.2, 0) is 6.42 Å². The van der Waals surface area contributed by atoms with Gasteiger partial charge in [0.2, 0.25) is 5.88 Å². The zero-order valence-corrected chi connectivity index (χ0v) is 8.46. The molecule has 0 aliphatic rings. The molecule has 1 aromatic rings. The molecular weight excluding hydrogens is 182 g/mol. The predicted octanol–water partition coefficient (Wildman–Crippen LogP) is -0.0218. The standard InChI is InChI=1S/C9H15N3O2/c1-6-8(13)11-7(4-3-5-10)12-9(6)14-2/h3-5,10H2,1-2H3,(H,11,12,13). The van der Waals surface area contributed by atoms with Gasteiger partial charge in [-0.2, -0.15) is 4.98 Å². The second-order valence-electron chi connectivity index (χ2n) is 3.04. The van der Waals surface area contributed by atoms with Gasteiger partial charge in [-0.05, 0) is 19.9 Å². The highest BCUT2D eigenvalue weighted by molar-refractivity contribution is 5.21. The fourth-order valence-electron chi connectivity index (χ4n) is 1.14. The van der Waals surface area contributed by atoms with Gasteiger partial charge < -0.3 is 15.5 Å². The number of rotatable bonds is 4. The van der Waals surface area contributed by atoms with E-state index in [1.807, 2.05) is 0 Å². The maximum Gasteiger partial charge on any atom is 0.257 e. The van der Waals surface area contributed by atoms with E-state index < -0.39 is 0 Å². The molecule has 0 fully saturated rings. The molecule has 1 rings (SSSR count). The quantitative estimate of drug-likeness (QED) is 0.710. The Kier molecular flexibility index (Phi) is 3.64. The summed E-state index contributed by atoms with van der Waals surface area (Å²) >= 11 is 0. The minimum absolute atomic E-state index is 0.149. The average Bonchev–Trinajstić information content (AvgIpc) is 2.19. The Hall–Kier alpha value is -1.36. The molecule has 5 nitrogen and oxygen atoms in total. The summed E-state index contributed by atoms with van der Waals surface area (Å²) in [6.07, 6.45) is 1.47. The van der Waals surface area contributed by atoms with Crippen LogP contribution in [0.25, 0.3) is 0 Å². The number of aromatic nitrogens is 2. The van der Waals surface area contributed by atoms with Crippen molar-refractivity contribution in [2.45, 2.75) is 19.8 Å².